The van der Waals surface area contributed by atoms with Crippen LogP contribution in [0.2, 0.25) is 0 Å². The Morgan fingerprint density at radius 3 is 2.92 bits per heavy atom. The Bertz CT molecular complexity index is 855. The van der Waals surface area contributed by atoms with Crippen molar-refractivity contribution in [1.82, 2.24) is 4.98 Å². The summed E-state index contributed by atoms with van der Waals surface area (Å²) < 4.78 is 11.0. The second-order valence-corrected chi connectivity index (χ2v) is 5.59. The lowest BCUT2D eigenvalue weighted by Crippen LogP contribution is -2.10. The van der Waals surface area contributed by atoms with E-state index < -0.39 is 0 Å². The highest BCUT2D eigenvalue weighted by atomic mass is 16.5. The van der Waals surface area contributed by atoms with Crippen molar-refractivity contribution < 1.29 is 13.9 Å². The summed E-state index contributed by atoms with van der Waals surface area (Å²) in [5, 5.41) is 2.91. The van der Waals surface area contributed by atoms with Gasteiger partial charge in [-0.15, -0.1) is 0 Å². The molecule has 1 heterocycles. The van der Waals surface area contributed by atoms with Crippen molar-refractivity contribution in [2.75, 3.05) is 12.4 Å². The molecular weight excluding hydrogens is 304 g/mol. The van der Waals surface area contributed by atoms with Gasteiger partial charge in [0.2, 0.25) is 11.8 Å². The van der Waals surface area contributed by atoms with E-state index in [2.05, 4.69) is 17.2 Å². The first-order chi connectivity index (χ1) is 11.7. The number of nitrogens with one attached hydrogen (secondary N) is 1. The van der Waals surface area contributed by atoms with Gasteiger partial charge in [0.05, 0.1) is 7.11 Å². The zero-order valence-electron chi connectivity index (χ0n) is 13.8. The van der Waals surface area contributed by atoms with Gasteiger partial charge in [0, 0.05) is 23.7 Å². The second-order valence-electron chi connectivity index (χ2n) is 5.59. The monoisotopic (exact) mass is 324 g/mol. The summed E-state index contributed by atoms with van der Waals surface area (Å²) in [7, 11) is 1.62. The Kier molecular flexibility index (Phi) is 4.79. The van der Waals surface area contributed by atoms with Crippen LogP contribution in [-0.4, -0.2) is 18.0 Å². The number of hydrogen-bond acceptors (Lipinski definition) is 4. The second kappa shape index (κ2) is 7.17. The summed E-state index contributed by atoms with van der Waals surface area (Å²) in [6.45, 7) is 2.07. The van der Waals surface area contributed by atoms with Gasteiger partial charge in [-0.05, 0) is 36.8 Å². The van der Waals surface area contributed by atoms with Crippen LogP contribution >= 0.6 is 0 Å². The minimum absolute atomic E-state index is 0.0244. The molecule has 0 radical (unpaired) electrons. The van der Waals surface area contributed by atoms with Gasteiger partial charge in [0.1, 0.15) is 11.3 Å². The summed E-state index contributed by atoms with van der Waals surface area (Å²) in [5.41, 5.74) is 3.00. The Morgan fingerprint density at radius 2 is 2.12 bits per heavy atom. The summed E-state index contributed by atoms with van der Waals surface area (Å²) in [5.74, 6) is 1.28. The Labute approximate surface area is 140 Å². The van der Waals surface area contributed by atoms with Crippen LogP contribution in [0.1, 0.15) is 26.2 Å². The molecule has 0 saturated carbocycles. The highest BCUT2D eigenvalue weighted by Crippen LogP contribution is 2.28. The molecule has 0 fully saturated rings. The molecular formula is C19H20N2O3. The van der Waals surface area contributed by atoms with Crippen LogP contribution in [-0.2, 0) is 4.79 Å². The topological polar surface area (TPSA) is 64.4 Å². The fourth-order valence-corrected chi connectivity index (χ4v) is 2.45. The summed E-state index contributed by atoms with van der Waals surface area (Å²) in [6, 6.07) is 13.0. The van der Waals surface area contributed by atoms with E-state index in [-0.39, 0.29) is 5.91 Å². The number of aromatic nitrogens is 1. The molecule has 5 heteroatoms. The van der Waals surface area contributed by atoms with Crippen molar-refractivity contribution >= 4 is 22.7 Å². The Hall–Kier alpha value is -2.82. The van der Waals surface area contributed by atoms with Gasteiger partial charge in [0.15, 0.2) is 5.58 Å². The largest absolute Gasteiger partial charge is 0.497 e. The van der Waals surface area contributed by atoms with Crippen LogP contribution in [0.4, 0.5) is 5.69 Å². The number of oxazole rings is 1. The first-order valence-electron chi connectivity index (χ1n) is 8.04. The molecule has 124 valence electrons. The quantitative estimate of drug-likeness (QED) is 0.718. The SMILES string of the molecule is CCCCC(=O)Nc1cccc(-c2nc3cc(OC)ccc3o2)c1. The number of fused-ring (bicyclic) bond motifs is 1. The minimum Gasteiger partial charge on any atom is -0.497 e. The maximum Gasteiger partial charge on any atom is 0.227 e. The molecule has 0 unspecified atom stereocenters. The summed E-state index contributed by atoms with van der Waals surface area (Å²) in [4.78, 5) is 16.4. The van der Waals surface area contributed by atoms with Crippen LogP contribution in [0.15, 0.2) is 46.9 Å². The average Bonchev–Trinajstić information content (AvgIpc) is 3.03. The molecule has 3 aromatic rings. The predicted octanol–water partition coefficient (Wildman–Crippen LogP) is 4.63. The molecule has 1 amide bonds. The smallest absolute Gasteiger partial charge is 0.227 e. The molecule has 0 aliphatic rings. The Morgan fingerprint density at radius 1 is 1.25 bits per heavy atom. The van der Waals surface area contributed by atoms with Crippen molar-refractivity contribution in [2.24, 2.45) is 0 Å². The fourth-order valence-electron chi connectivity index (χ4n) is 2.45. The van der Waals surface area contributed by atoms with E-state index in [0.717, 1.165) is 35.4 Å². The molecule has 0 aliphatic carbocycles. The van der Waals surface area contributed by atoms with Gasteiger partial charge in [0.25, 0.3) is 0 Å². The van der Waals surface area contributed by atoms with Gasteiger partial charge in [-0.2, -0.15) is 0 Å². The lowest BCUT2D eigenvalue weighted by molar-refractivity contribution is -0.116. The molecule has 1 N–H and O–H groups in total. The molecule has 0 spiro atoms. The molecule has 0 aliphatic heterocycles. The standard InChI is InChI=1S/C19H20N2O3/c1-3-4-8-18(22)20-14-7-5-6-13(11-14)19-21-16-12-15(23-2)9-10-17(16)24-19/h5-7,9-12H,3-4,8H2,1-2H3,(H,20,22). The van der Waals surface area contributed by atoms with E-state index in [1.807, 2.05) is 42.5 Å². The number of unbranched alkanes of at least 4 members (excludes halogenated alkanes) is 1. The number of carbonyl (C=O) groups excluding carboxylic acids is 1. The molecule has 0 saturated heterocycles. The van der Waals surface area contributed by atoms with Gasteiger partial charge in [-0.1, -0.05) is 19.4 Å². The number of carbonyl (C=O) groups is 1. The highest BCUT2D eigenvalue weighted by Gasteiger charge is 2.10. The van der Waals surface area contributed by atoms with Crippen molar-refractivity contribution in [2.45, 2.75) is 26.2 Å². The third-order valence-corrected chi connectivity index (χ3v) is 3.75. The van der Waals surface area contributed by atoms with E-state index in [1.165, 1.54) is 0 Å². The molecule has 0 atom stereocenters. The lowest BCUT2D eigenvalue weighted by Gasteiger charge is -2.05. The number of amides is 1. The van der Waals surface area contributed by atoms with Crippen molar-refractivity contribution in [1.29, 1.82) is 0 Å². The number of rotatable bonds is 6. The molecule has 0 bridgehead atoms. The third kappa shape index (κ3) is 3.56. The normalized spacial score (nSPS) is 10.8. The number of methoxy groups -OCH3 is 1. The molecule has 5 nitrogen and oxygen atoms in total. The average molecular weight is 324 g/mol. The van der Waals surface area contributed by atoms with Gasteiger partial charge < -0.3 is 14.5 Å². The fraction of sp³-hybridized carbons (Fsp3) is 0.263. The number of nitrogens with zero attached hydrogens (tertiary/aromatic N) is 1. The van der Waals surface area contributed by atoms with Crippen LogP contribution in [0.25, 0.3) is 22.6 Å². The summed E-state index contributed by atoms with van der Waals surface area (Å²) in [6.07, 6.45) is 2.42. The van der Waals surface area contributed by atoms with E-state index in [0.29, 0.717) is 17.9 Å². The van der Waals surface area contributed by atoms with E-state index in [1.54, 1.807) is 7.11 Å². The Balaban J connectivity index is 1.84. The lowest BCUT2D eigenvalue weighted by atomic mass is 10.2. The first-order valence-corrected chi connectivity index (χ1v) is 8.04. The van der Waals surface area contributed by atoms with Crippen LogP contribution in [0, 0.1) is 0 Å². The maximum atomic E-state index is 11.9. The summed E-state index contributed by atoms with van der Waals surface area (Å²) >= 11 is 0. The van der Waals surface area contributed by atoms with E-state index >= 15 is 0 Å². The van der Waals surface area contributed by atoms with Crippen LogP contribution in [0.5, 0.6) is 5.75 Å². The maximum absolute atomic E-state index is 11.9. The van der Waals surface area contributed by atoms with Crippen LogP contribution in [0.3, 0.4) is 0 Å². The molecule has 1 aromatic heterocycles. The predicted molar refractivity (Wildman–Crippen MR) is 94.2 cm³/mol. The molecule has 24 heavy (non-hydrogen) atoms. The van der Waals surface area contributed by atoms with E-state index in [9.17, 15) is 4.79 Å². The van der Waals surface area contributed by atoms with Crippen molar-refractivity contribution in [3.63, 3.8) is 0 Å². The zero-order chi connectivity index (χ0) is 16.9. The molecule has 2 aromatic carbocycles. The van der Waals surface area contributed by atoms with Gasteiger partial charge in [-0.25, -0.2) is 4.98 Å². The number of hydrogen-bond donors (Lipinski definition) is 1. The number of ether oxygens (including phenoxy) is 1. The highest BCUT2D eigenvalue weighted by molar-refractivity contribution is 5.91. The number of benzene rings is 2. The van der Waals surface area contributed by atoms with Crippen molar-refractivity contribution in [3.8, 4) is 17.2 Å². The third-order valence-electron chi connectivity index (χ3n) is 3.75. The van der Waals surface area contributed by atoms with E-state index in [4.69, 9.17) is 9.15 Å². The zero-order valence-corrected chi connectivity index (χ0v) is 13.8. The van der Waals surface area contributed by atoms with Gasteiger partial charge >= 0.3 is 0 Å². The number of anilines is 1. The molecule has 3 rings (SSSR count). The first kappa shape index (κ1) is 16.1. The van der Waals surface area contributed by atoms with Gasteiger partial charge in [-0.3, -0.25) is 4.79 Å². The minimum atomic E-state index is 0.0244. The van der Waals surface area contributed by atoms with Crippen LogP contribution < -0.4 is 10.1 Å². The van der Waals surface area contributed by atoms with Crippen molar-refractivity contribution in [3.05, 3.63) is 42.5 Å².